The van der Waals surface area contributed by atoms with Gasteiger partial charge >= 0.3 is 11.0 Å². The van der Waals surface area contributed by atoms with Crippen LogP contribution in [0.2, 0.25) is 0 Å². The molecule has 2 aliphatic rings. The van der Waals surface area contributed by atoms with Crippen LogP contribution in [0.5, 0.6) is 0 Å². The molecule has 1 saturated heterocycles. The normalized spacial score (nSPS) is 20.4. The molecule has 1 fully saturated rings. The molecular formula is C26H22N4O7S. The summed E-state index contributed by atoms with van der Waals surface area (Å²) in [5, 5.41) is 43.4. The van der Waals surface area contributed by atoms with Crippen molar-refractivity contribution in [1.82, 2.24) is 4.98 Å². The summed E-state index contributed by atoms with van der Waals surface area (Å²) < 4.78 is 10.7. The molecule has 0 aliphatic carbocycles. The van der Waals surface area contributed by atoms with Gasteiger partial charge in [-0.15, -0.1) is 0 Å². The van der Waals surface area contributed by atoms with E-state index in [0.717, 1.165) is 30.4 Å². The minimum Gasteiger partial charge on any atom is -0.499 e. The van der Waals surface area contributed by atoms with Crippen molar-refractivity contribution in [3.63, 3.8) is 0 Å². The molecule has 0 amide bonds. The number of carboxylic acids is 1. The molecule has 2 unspecified atom stereocenters. The first-order chi connectivity index (χ1) is 18.3. The van der Waals surface area contributed by atoms with Crippen molar-refractivity contribution in [2.24, 2.45) is 5.41 Å². The van der Waals surface area contributed by atoms with E-state index in [2.05, 4.69) is 9.88 Å². The van der Waals surface area contributed by atoms with E-state index in [9.17, 15) is 30.4 Å². The highest BCUT2D eigenvalue weighted by Crippen LogP contribution is 2.51. The predicted molar refractivity (Wildman–Crippen MR) is 137 cm³/mol. The topological polar surface area (TPSA) is 159 Å². The molecule has 1 aromatic carbocycles. The van der Waals surface area contributed by atoms with Gasteiger partial charge in [-0.05, 0) is 30.3 Å². The summed E-state index contributed by atoms with van der Waals surface area (Å²) in [4.78, 5) is 29.3. The van der Waals surface area contributed by atoms with E-state index >= 15 is 0 Å². The molecule has 2 aromatic heterocycles. The van der Waals surface area contributed by atoms with Crippen LogP contribution in [0.1, 0.15) is 20.9 Å². The number of nitrogens with zero attached hydrogens (tertiary/aromatic N) is 4. The Balaban J connectivity index is 1.63. The molecule has 3 aromatic rings. The van der Waals surface area contributed by atoms with Gasteiger partial charge in [0.05, 0.1) is 41.9 Å². The Morgan fingerprint density at radius 1 is 1.24 bits per heavy atom. The number of nitriles is 1. The van der Waals surface area contributed by atoms with Gasteiger partial charge in [0.15, 0.2) is 11.0 Å². The molecule has 0 spiro atoms. The van der Waals surface area contributed by atoms with Crippen LogP contribution >= 0.6 is 11.3 Å². The molecule has 0 radical (unpaired) electrons. The second kappa shape index (κ2) is 9.86. The van der Waals surface area contributed by atoms with Crippen LogP contribution in [-0.4, -0.2) is 59.0 Å². The monoisotopic (exact) mass is 534 g/mol. The van der Waals surface area contributed by atoms with E-state index in [-0.39, 0.29) is 17.9 Å². The fourth-order valence-corrected chi connectivity index (χ4v) is 5.60. The maximum atomic E-state index is 12.3. The number of ether oxygens (including phenoxy) is 2. The zero-order valence-electron chi connectivity index (χ0n) is 19.9. The number of benzene rings is 1. The van der Waals surface area contributed by atoms with Gasteiger partial charge in [0.25, 0.3) is 0 Å². The van der Waals surface area contributed by atoms with Crippen LogP contribution in [0.3, 0.4) is 0 Å². The first-order valence-electron chi connectivity index (χ1n) is 11.6. The number of aromatic carboxylic acids is 1. The smallest absolute Gasteiger partial charge is 0.346 e. The van der Waals surface area contributed by atoms with Crippen molar-refractivity contribution in [3.8, 4) is 17.3 Å². The first kappa shape index (κ1) is 25.3. The van der Waals surface area contributed by atoms with Gasteiger partial charge in [-0.2, -0.15) is 5.26 Å². The van der Waals surface area contributed by atoms with Gasteiger partial charge in [0.1, 0.15) is 11.5 Å². The highest BCUT2D eigenvalue weighted by Gasteiger charge is 2.58. The van der Waals surface area contributed by atoms with Crippen molar-refractivity contribution in [2.45, 2.75) is 5.60 Å². The lowest BCUT2D eigenvalue weighted by molar-refractivity contribution is -0.380. The molecule has 0 saturated carbocycles. The van der Waals surface area contributed by atoms with E-state index < -0.39 is 31.8 Å². The molecular weight excluding hydrogens is 512 g/mol. The molecule has 0 bridgehead atoms. The lowest BCUT2D eigenvalue weighted by Crippen LogP contribution is -2.47. The number of nitro groups is 1. The average Bonchev–Trinajstić information content (AvgIpc) is 3.63. The summed E-state index contributed by atoms with van der Waals surface area (Å²) in [6.45, 7) is 2.57. The average molecular weight is 535 g/mol. The number of aliphatic hydroxyl groups is 1. The zero-order chi connectivity index (χ0) is 26.9. The minimum absolute atomic E-state index is 0.0425. The van der Waals surface area contributed by atoms with Crippen molar-refractivity contribution < 1.29 is 29.4 Å². The molecule has 38 heavy (non-hydrogen) atoms. The molecule has 4 heterocycles. The van der Waals surface area contributed by atoms with E-state index in [1.54, 1.807) is 12.1 Å². The van der Waals surface area contributed by atoms with Crippen LogP contribution in [0.25, 0.3) is 11.3 Å². The number of hydrogen-bond donors (Lipinski definition) is 2. The molecule has 2 atom stereocenters. The lowest BCUT2D eigenvalue weighted by atomic mass is 9.68. The number of carbonyl (C=O) groups is 1. The molecule has 11 nitrogen and oxygen atoms in total. The molecule has 194 valence electrons. The van der Waals surface area contributed by atoms with Gasteiger partial charge < -0.3 is 24.6 Å². The standard InChI is InChI=1S/C26H22N4O7S/c27-15-25(8-11-37-16-25)26(33,19-14-22(30(34)35)38-23(19)24(31)32)21-3-1-2-20(28-21)17-4-6-18(7-5-17)29-9-12-36-13-10-29/h1-8,11,14,33H,9-10,12-13,16H2,(H,31,32). The largest absolute Gasteiger partial charge is 0.499 e. The maximum absolute atomic E-state index is 12.3. The quantitative estimate of drug-likeness (QED) is 0.339. The summed E-state index contributed by atoms with van der Waals surface area (Å²) in [6, 6.07) is 15.5. The zero-order valence-corrected chi connectivity index (χ0v) is 20.8. The van der Waals surface area contributed by atoms with E-state index in [1.807, 2.05) is 30.3 Å². The van der Waals surface area contributed by atoms with E-state index in [1.165, 1.54) is 18.4 Å². The van der Waals surface area contributed by atoms with Crippen molar-refractivity contribution in [2.75, 3.05) is 37.8 Å². The second-order valence-electron chi connectivity index (χ2n) is 8.85. The molecule has 5 rings (SSSR count). The second-order valence-corrected chi connectivity index (χ2v) is 9.88. The molecule has 12 heteroatoms. The summed E-state index contributed by atoms with van der Waals surface area (Å²) in [6.07, 6.45) is 2.57. The highest BCUT2D eigenvalue weighted by atomic mass is 32.1. The van der Waals surface area contributed by atoms with Crippen molar-refractivity contribution in [3.05, 3.63) is 87.1 Å². The SMILES string of the molecule is N#CC1(C(O)(c2cccc(-c3ccc(N4CCOCC4)cc3)n2)c2cc([N+](=O)[O-])sc2C(=O)O)C=COC1. The fraction of sp³-hybridized carbons (Fsp3) is 0.269. The molecule has 2 N–H and O–H groups in total. The fourth-order valence-electron chi connectivity index (χ4n) is 4.73. The Labute approximate surface area is 221 Å². The van der Waals surface area contributed by atoms with Crippen LogP contribution in [0, 0.1) is 26.9 Å². The Hall–Kier alpha value is -4.31. The van der Waals surface area contributed by atoms with Gasteiger partial charge in [-0.3, -0.25) is 10.1 Å². The Kier molecular flexibility index (Phi) is 6.58. The van der Waals surface area contributed by atoms with E-state index in [0.29, 0.717) is 30.2 Å². The number of rotatable bonds is 7. The predicted octanol–water partition coefficient (Wildman–Crippen LogP) is 3.54. The third-order valence-electron chi connectivity index (χ3n) is 6.75. The number of morpholine rings is 1. The summed E-state index contributed by atoms with van der Waals surface area (Å²) in [7, 11) is 0. The van der Waals surface area contributed by atoms with Crippen LogP contribution in [0.4, 0.5) is 10.7 Å². The summed E-state index contributed by atoms with van der Waals surface area (Å²) >= 11 is 0.407. The van der Waals surface area contributed by atoms with Crippen LogP contribution < -0.4 is 4.90 Å². The third kappa shape index (κ3) is 4.16. The first-order valence-corrected chi connectivity index (χ1v) is 12.5. The number of hydrogen-bond acceptors (Lipinski definition) is 10. The summed E-state index contributed by atoms with van der Waals surface area (Å²) in [5.74, 6) is -1.47. The number of thiophene rings is 1. The van der Waals surface area contributed by atoms with Gasteiger partial charge in [-0.25, -0.2) is 9.78 Å². The Morgan fingerprint density at radius 3 is 2.58 bits per heavy atom. The van der Waals surface area contributed by atoms with Crippen LogP contribution in [-0.2, 0) is 15.1 Å². The number of aromatic nitrogens is 1. The highest BCUT2D eigenvalue weighted by molar-refractivity contribution is 7.17. The Bertz CT molecular complexity index is 1460. The number of anilines is 1. The van der Waals surface area contributed by atoms with Crippen LogP contribution in [0.15, 0.2) is 60.9 Å². The number of carboxylic acid groups (broad SMARTS) is 1. The van der Waals surface area contributed by atoms with Crippen molar-refractivity contribution in [1.29, 1.82) is 5.26 Å². The lowest BCUT2D eigenvalue weighted by Gasteiger charge is -2.37. The van der Waals surface area contributed by atoms with Gasteiger partial charge in [0, 0.05) is 36.0 Å². The molecule has 2 aliphatic heterocycles. The van der Waals surface area contributed by atoms with E-state index in [4.69, 9.17) is 9.47 Å². The maximum Gasteiger partial charge on any atom is 0.346 e. The minimum atomic E-state index is -2.38. The number of pyridine rings is 1. The van der Waals surface area contributed by atoms with Gasteiger partial charge in [-0.1, -0.05) is 29.5 Å². The Morgan fingerprint density at radius 2 is 1.97 bits per heavy atom. The van der Waals surface area contributed by atoms with Gasteiger partial charge in [0.2, 0.25) is 0 Å². The van der Waals surface area contributed by atoms with Crippen molar-refractivity contribution >= 4 is 28.0 Å². The summed E-state index contributed by atoms with van der Waals surface area (Å²) in [5.41, 5.74) is -2.30. The third-order valence-corrected chi connectivity index (χ3v) is 7.82.